The van der Waals surface area contributed by atoms with Gasteiger partial charge < -0.3 is 19.6 Å². The zero-order chi connectivity index (χ0) is 46.7. The topological polar surface area (TPSA) is 13.0 Å². The maximum atomic E-state index is 2.39. The van der Waals surface area contributed by atoms with Crippen LogP contribution in [0.1, 0.15) is 44.5 Å². The third-order valence-corrected chi connectivity index (χ3v) is 14.3. The van der Waals surface area contributed by atoms with E-state index in [0.717, 1.165) is 11.4 Å². The van der Waals surface area contributed by atoms with Gasteiger partial charge in [-0.05, 0) is 72.8 Å². The van der Waals surface area contributed by atoms with E-state index in [1.54, 1.807) is 0 Å². The van der Waals surface area contributed by atoms with Crippen LogP contribution in [0.5, 0.6) is 0 Å². The summed E-state index contributed by atoms with van der Waals surface area (Å²) in [5, 5.41) is 0. The Bertz CT molecular complexity index is 3280. The number of hydrogen-bond acceptors (Lipinski definition) is 4. The van der Waals surface area contributed by atoms with Gasteiger partial charge in [0.1, 0.15) is 0 Å². The monoisotopic (exact) mass is 896 g/mol. The molecule has 0 aliphatic carbocycles. The van der Waals surface area contributed by atoms with Gasteiger partial charge in [-0.1, -0.05) is 182 Å². The SMILES string of the molecule is CN1c2ccccc2C(=C2c3ccccc3N(C)c3ccccc32)c2ccccc21.c1ccc(N2c3ccccc3C(=C3c4ccccc4N(c4ccccc4)c4ccccc43)c3ccccc32)cc1. The minimum absolute atomic E-state index is 1.16. The van der Waals surface area contributed by atoms with Crippen molar-refractivity contribution in [2.45, 2.75) is 0 Å². The molecule has 0 bridgehead atoms. The van der Waals surface area contributed by atoms with Crippen molar-refractivity contribution in [3.63, 3.8) is 0 Å². The summed E-state index contributed by atoms with van der Waals surface area (Å²) in [7, 11) is 4.32. The molecular weight excluding hydrogens is 849 g/mol. The molecule has 0 unspecified atom stereocenters. The molecule has 4 nitrogen and oxygen atoms in total. The molecule has 4 heterocycles. The van der Waals surface area contributed by atoms with Crippen molar-refractivity contribution < 1.29 is 0 Å². The molecule has 4 aliphatic rings. The molecule has 70 heavy (non-hydrogen) atoms. The second-order valence-electron chi connectivity index (χ2n) is 18.1. The number of nitrogens with zero attached hydrogens (tertiary/aromatic N) is 4. The van der Waals surface area contributed by atoms with Gasteiger partial charge in [0, 0.05) is 115 Å². The lowest BCUT2D eigenvalue weighted by Crippen LogP contribution is -2.21. The molecule has 0 amide bonds. The summed E-state index contributed by atoms with van der Waals surface area (Å²) < 4.78 is 0. The molecule has 10 aromatic rings. The van der Waals surface area contributed by atoms with Crippen LogP contribution < -0.4 is 19.6 Å². The average molecular weight is 897 g/mol. The molecule has 0 spiro atoms. The summed E-state index contributed by atoms with van der Waals surface area (Å²) in [6.45, 7) is 0. The first-order valence-corrected chi connectivity index (χ1v) is 24.1. The molecule has 0 N–H and O–H groups in total. The van der Waals surface area contributed by atoms with E-state index >= 15 is 0 Å². The van der Waals surface area contributed by atoms with Crippen LogP contribution in [0, 0.1) is 0 Å². The van der Waals surface area contributed by atoms with Crippen LogP contribution in [0.4, 0.5) is 56.9 Å². The normalized spacial score (nSPS) is 13.6. The third kappa shape index (κ3) is 6.45. The molecule has 14 rings (SSSR count). The molecule has 0 fully saturated rings. The first kappa shape index (κ1) is 41.1. The lowest BCUT2D eigenvalue weighted by atomic mass is 9.79. The van der Waals surface area contributed by atoms with E-state index in [9.17, 15) is 0 Å². The van der Waals surface area contributed by atoms with Crippen molar-refractivity contribution in [1.29, 1.82) is 0 Å². The minimum Gasteiger partial charge on any atom is -0.344 e. The molecule has 0 atom stereocenters. The van der Waals surface area contributed by atoms with Crippen LogP contribution in [0.3, 0.4) is 0 Å². The average Bonchev–Trinajstić information content (AvgIpc) is 3.43. The van der Waals surface area contributed by atoms with Crippen molar-refractivity contribution >= 4 is 79.2 Å². The lowest BCUT2D eigenvalue weighted by molar-refractivity contribution is 1.16. The Morgan fingerprint density at radius 3 is 0.586 bits per heavy atom. The number of fused-ring (bicyclic) bond motifs is 8. The first-order valence-electron chi connectivity index (χ1n) is 24.1. The number of anilines is 10. The standard InChI is InChI=1S/C38H26N2.C28H22N2/c1-3-15-27(16-4-1)39-33-23-11-7-19-29(33)37(30-20-8-12-24-34(30)39)38-31-21-9-13-25-35(31)40(28-17-5-2-6-18-28)36-26-14-10-22-32(36)38;1-29-23-15-7-3-11-19(23)27(20-12-4-8-16-24(20)29)28-21-13-5-9-17-25(21)30(2)26-18-10-6-14-22(26)28/h1-26H;3-18H,1-2H3. The first-order chi connectivity index (χ1) is 34.7. The van der Waals surface area contributed by atoms with Crippen molar-refractivity contribution in [3.05, 3.63) is 299 Å². The Morgan fingerprint density at radius 1 is 0.186 bits per heavy atom. The lowest BCUT2D eigenvalue weighted by Gasteiger charge is -2.39. The van der Waals surface area contributed by atoms with Gasteiger partial charge in [0.15, 0.2) is 0 Å². The summed E-state index contributed by atoms with van der Waals surface area (Å²) >= 11 is 0. The molecule has 0 radical (unpaired) electrons. The highest BCUT2D eigenvalue weighted by molar-refractivity contribution is 6.18. The largest absolute Gasteiger partial charge is 0.344 e. The second-order valence-corrected chi connectivity index (χ2v) is 18.1. The molecule has 332 valence electrons. The molecule has 0 saturated carbocycles. The fourth-order valence-corrected chi connectivity index (χ4v) is 11.3. The van der Waals surface area contributed by atoms with Gasteiger partial charge >= 0.3 is 0 Å². The van der Waals surface area contributed by atoms with Crippen molar-refractivity contribution in [1.82, 2.24) is 0 Å². The number of hydrogen-bond donors (Lipinski definition) is 0. The van der Waals surface area contributed by atoms with E-state index in [2.05, 4.69) is 288 Å². The minimum atomic E-state index is 1.16. The quantitative estimate of drug-likeness (QED) is 0.171. The summed E-state index contributed by atoms with van der Waals surface area (Å²) in [6.07, 6.45) is 0. The highest BCUT2D eigenvalue weighted by Crippen LogP contribution is 2.57. The van der Waals surface area contributed by atoms with Crippen LogP contribution in [0.2, 0.25) is 0 Å². The van der Waals surface area contributed by atoms with Crippen LogP contribution in [-0.4, -0.2) is 14.1 Å². The van der Waals surface area contributed by atoms with Gasteiger partial charge in [-0.2, -0.15) is 0 Å². The number of benzene rings is 10. The summed E-state index contributed by atoms with van der Waals surface area (Å²) in [6, 6.07) is 91.7. The van der Waals surface area contributed by atoms with Crippen LogP contribution >= 0.6 is 0 Å². The fraction of sp³-hybridized carbons (Fsp3) is 0.0303. The van der Waals surface area contributed by atoms with E-state index in [4.69, 9.17) is 0 Å². The summed E-state index contributed by atoms with van der Waals surface area (Å²) in [5.74, 6) is 0. The second kappa shape index (κ2) is 16.9. The molecule has 4 aliphatic heterocycles. The third-order valence-electron chi connectivity index (χ3n) is 14.3. The van der Waals surface area contributed by atoms with E-state index in [-0.39, 0.29) is 0 Å². The van der Waals surface area contributed by atoms with E-state index in [1.165, 1.54) is 112 Å². The van der Waals surface area contributed by atoms with Gasteiger partial charge in [0.25, 0.3) is 0 Å². The zero-order valence-electron chi connectivity index (χ0n) is 39.0. The summed E-state index contributed by atoms with van der Waals surface area (Å²) in [4.78, 5) is 9.40. The van der Waals surface area contributed by atoms with E-state index in [0.29, 0.717) is 0 Å². The Kier molecular flexibility index (Phi) is 9.91. The number of para-hydroxylation sites is 10. The van der Waals surface area contributed by atoms with Crippen LogP contribution in [-0.2, 0) is 0 Å². The van der Waals surface area contributed by atoms with Crippen LogP contribution in [0.25, 0.3) is 22.3 Å². The highest BCUT2D eigenvalue weighted by Gasteiger charge is 2.35. The van der Waals surface area contributed by atoms with Gasteiger partial charge in [-0.3, -0.25) is 0 Å². The maximum Gasteiger partial charge on any atom is 0.0540 e. The smallest absolute Gasteiger partial charge is 0.0540 e. The van der Waals surface area contributed by atoms with Gasteiger partial charge in [0.05, 0.1) is 22.7 Å². The summed E-state index contributed by atoms with van der Waals surface area (Å²) in [5.41, 5.74) is 27.3. The molecular formula is C66H48N4. The number of rotatable bonds is 2. The Balaban J connectivity index is 0.000000143. The van der Waals surface area contributed by atoms with Gasteiger partial charge in [-0.25, -0.2) is 0 Å². The van der Waals surface area contributed by atoms with Crippen molar-refractivity contribution in [2.75, 3.05) is 33.7 Å². The fourth-order valence-electron chi connectivity index (χ4n) is 11.3. The molecule has 0 aromatic heterocycles. The van der Waals surface area contributed by atoms with Crippen LogP contribution in [0.15, 0.2) is 255 Å². The van der Waals surface area contributed by atoms with Gasteiger partial charge in [-0.15, -0.1) is 0 Å². The van der Waals surface area contributed by atoms with E-state index in [1.807, 2.05) is 0 Å². The highest BCUT2D eigenvalue weighted by atomic mass is 15.2. The van der Waals surface area contributed by atoms with Crippen molar-refractivity contribution in [3.8, 4) is 0 Å². The van der Waals surface area contributed by atoms with Gasteiger partial charge in [0.2, 0.25) is 0 Å². The molecule has 4 heteroatoms. The maximum absolute atomic E-state index is 2.39. The zero-order valence-corrected chi connectivity index (χ0v) is 39.0. The Labute approximate surface area is 410 Å². The van der Waals surface area contributed by atoms with E-state index < -0.39 is 0 Å². The predicted molar refractivity (Wildman–Crippen MR) is 294 cm³/mol. The Hall–Kier alpha value is -9.12. The molecule has 0 saturated heterocycles. The predicted octanol–water partition coefficient (Wildman–Crippen LogP) is 17.1. The Morgan fingerprint density at radius 2 is 0.357 bits per heavy atom. The van der Waals surface area contributed by atoms with Crippen molar-refractivity contribution in [2.24, 2.45) is 0 Å². The molecule has 10 aromatic carbocycles.